The van der Waals surface area contributed by atoms with Gasteiger partial charge in [-0.3, -0.25) is 14.9 Å². The fourth-order valence-electron chi connectivity index (χ4n) is 5.96. The van der Waals surface area contributed by atoms with Gasteiger partial charge in [0.2, 0.25) is 5.91 Å². The second kappa shape index (κ2) is 12.7. The first-order valence-corrected chi connectivity index (χ1v) is 15.2. The first-order valence-electron chi connectivity index (χ1n) is 14.1. The van der Waals surface area contributed by atoms with Crippen LogP contribution in [0.3, 0.4) is 0 Å². The van der Waals surface area contributed by atoms with Crippen molar-refractivity contribution < 1.29 is 22.9 Å². The van der Waals surface area contributed by atoms with E-state index < -0.39 is 22.4 Å². The Hall–Kier alpha value is -2.57. The smallest absolute Gasteiger partial charge is 0.382 e. The minimum absolute atomic E-state index is 0.0896. The Balaban J connectivity index is 1.23. The molecule has 41 heavy (non-hydrogen) atoms. The second-order valence-corrected chi connectivity index (χ2v) is 14.5. The summed E-state index contributed by atoms with van der Waals surface area (Å²) in [5, 5.41) is 14.1. The van der Waals surface area contributed by atoms with Gasteiger partial charge in [0.05, 0.1) is 4.92 Å². The van der Waals surface area contributed by atoms with Crippen molar-refractivity contribution in [2.75, 3.05) is 36.9 Å². The summed E-state index contributed by atoms with van der Waals surface area (Å²) >= 11 is 2.45. The number of carbonyl (C=O) groups is 1. The summed E-state index contributed by atoms with van der Waals surface area (Å²) in [6.07, 6.45) is -0.150. The molecule has 1 heterocycles. The zero-order valence-electron chi connectivity index (χ0n) is 23.7. The Labute approximate surface area is 253 Å². The van der Waals surface area contributed by atoms with Gasteiger partial charge in [-0.25, -0.2) is 0 Å². The molecular formula is C30H38F3IN4O3. The molecule has 2 aliphatic rings. The predicted molar refractivity (Wildman–Crippen MR) is 164 cm³/mol. The number of hydrogen-bond acceptors (Lipinski definition) is 5. The number of anilines is 2. The normalized spacial score (nSPS) is 20.5. The highest BCUT2D eigenvalue weighted by molar-refractivity contribution is 14.1. The number of nitro groups is 1. The molecule has 1 amide bonds. The number of alkyl halides is 4. The number of nitrogens with one attached hydrogen (secondary N) is 1. The number of nitrogens with zero attached hydrogens (tertiary/aromatic N) is 3. The van der Waals surface area contributed by atoms with Gasteiger partial charge >= 0.3 is 6.18 Å². The lowest BCUT2D eigenvalue weighted by atomic mass is 9.84. The van der Waals surface area contributed by atoms with Gasteiger partial charge in [-0.2, -0.15) is 13.2 Å². The Bertz CT molecular complexity index is 1220. The largest absolute Gasteiger partial charge is 0.423 e. The fourth-order valence-corrected chi connectivity index (χ4v) is 6.32. The van der Waals surface area contributed by atoms with E-state index in [9.17, 15) is 28.1 Å². The van der Waals surface area contributed by atoms with Crippen molar-refractivity contribution in [3.05, 3.63) is 63.7 Å². The molecule has 0 bridgehead atoms. The van der Waals surface area contributed by atoms with Gasteiger partial charge in [0.25, 0.3) is 5.69 Å². The molecule has 1 N–H and O–H groups in total. The Morgan fingerprint density at radius 2 is 1.66 bits per heavy atom. The van der Waals surface area contributed by atoms with E-state index >= 15 is 0 Å². The molecule has 7 nitrogen and oxygen atoms in total. The second-order valence-electron chi connectivity index (χ2n) is 11.8. The number of nitro benzene ring substituents is 1. The quantitative estimate of drug-likeness (QED) is 0.134. The van der Waals surface area contributed by atoms with Crippen LogP contribution in [0.25, 0.3) is 0 Å². The molecule has 4 rings (SSSR count). The monoisotopic (exact) mass is 686 g/mol. The Kier molecular flexibility index (Phi) is 9.75. The molecule has 0 atom stereocenters. The van der Waals surface area contributed by atoms with Gasteiger partial charge in [0.1, 0.15) is 5.56 Å². The van der Waals surface area contributed by atoms with Crippen molar-refractivity contribution in [1.29, 1.82) is 0 Å². The number of piperidine rings is 1. The molecule has 1 aliphatic carbocycles. The summed E-state index contributed by atoms with van der Waals surface area (Å²) in [5.74, 6) is 0.495. The van der Waals surface area contributed by atoms with Crippen LogP contribution in [0, 0.1) is 22.0 Å². The molecule has 0 unspecified atom stereocenters. The van der Waals surface area contributed by atoms with Crippen LogP contribution >= 0.6 is 22.6 Å². The molecule has 1 saturated heterocycles. The molecule has 0 aromatic heterocycles. The van der Waals surface area contributed by atoms with Crippen molar-refractivity contribution >= 4 is 45.6 Å². The third-order valence-corrected chi connectivity index (χ3v) is 9.01. The molecule has 1 aliphatic heterocycles. The molecular weight excluding hydrogens is 648 g/mol. The number of hydrogen-bond donors (Lipinski definition) is 1. The van der Waals surface area contributed by atoms with Crippen molar-refractivity contribution in [2.45, 2.75) is 68.0 Å². The van der Waals surface area contributed by atoms with Gasteiger partial charge < -0.3 is 15.1 Å². The van der Waals surface area contributed by atoms with Crippen LogP contribution < -0.4 is 10.2 Å². The first-order chi connectivity index (χ1) is 19.2. The molecule has 224 valence electrons. The summed E-state index contributed by atoms with van der Waals surface area (Å²) < 4.78 is 40.1. The lowest BCUT2D eigenvalue weighted by Crippen LogP contribution is -2.42. The van der Waals surface area contributed by atoms with Crippen LogP contribution in [0.4, 0.5) is 30.2 Å². The van der Waals surface area contributed by atoms with Gasteiger partial charge in [0, 0.05) is 59.5 Å². The van der Waals surface area contributed by atoms with Crippen LogP contribution in [0.1, 0.15) is 63.5 Å². The maximum atomic E-state index is 13.3. The van der Waals surface area contributed by atoms with E-state index in [1.54, 1.807) is 0 Å². The fraction of sp³-hybridized carbons (Fsp3) is 0.567. The number of benzene rings is 2. The number of amides is 1. The number of carbonyl (C=O) groups excluding carboxylic acids is 1. The average molecular weight is 687 g/mol. The van der Waals surface area contributed by atoms with E-state index in [1.165, 1.54) is 17.3 Å². The third kappa shape index (κ3) is 8.04. The molecule has 1 saturated carbocycles. The minimum Gasteiger partial charge on any atom is -0.382 e. The summed E-state index contributed by atoms with van der Waals surface area (Å²) in [6, 6.07) is 11.7. The average Bonchev–Trinajstić information content (AvgIpc) is 2.92. The summed E-state index contributed by atoms with van der Waals surface area (Å²) in [5.41, 5.74) is 0.531. The molecule has 2 aromatic carbocycles. The minimum atomic E-state index is -4.82. The molecule has 0 radical (unpaired) electrons. The topological polar surface area (TPSA) is 78.7 Å². The van der Waals surface area contributed by atoms with E-state index in [1.807, 2.05) is 11.9 Å². The van der Waals surface area contributed by atoms with E-state index in [2.05, 4.69) is 70.9 Å². The van der Waals surface area contributed by atoms with Crippen LogP contribution in [-0.2, 0) is 14.4 Å². The standard InChI is InChI=1S/C30H38F3IN4O3/c1-29(2,34)22-6-11-25(12-7-22)37-16-14-20(15-17-37)19-36(3)28(39)21-4-8-23(9-5-21)35-24-10-13-27(38(40)41)26(18-24)30(31,32)33/h6-7,10-13,18,20-21,23,35H,4-5,8-9,14-17,19H2,1-3H3. The van der Waals surface area contributed by atoms with Gasteiger partial charge in [-0.1, -0.05) is 34.7 Å². The maximum Gasteiger partial charge on any atom is 0.423 e. The zero-order valence-corrected chi connectivity index (χ0v) is 25.9. The van der Waals surface area contributed by atoms with Crippen molar-refractivity contribution in [3.63, 3.8) is 0 Å². The lowest BCUT2D eigenvalue weighted by Gasteiger charge is -2.37. The van der Waals surface area contributed by atoms with E-state index in [0.29, 0.717) is 31.6 Å². The molecule has 2 aromatic rings. The first kappa shape index (κ1) is 31.4. The Morgan fingerprint density at radius 1 is 1.05 bits per heavy atom. The summed E-state index contributed by atoms with van der Waals surface area (Å²) in [4.78, 5) is 27.5. The maximum absolute atomic E-state index is 13.3. The third-order valence-electron chi connectivity index (χ3n) is 8.39. The van der Waals surface area contributed by atoms with Crippen LogP contribution in [0.5, 0.6) is 0 Å². The van der Waals surface area contributed by atoms with Gasteiger partial charge in [-0.05, 0) is 88.1 Å². The molecule has 0 spiro atoms. The van der Waals surface area contributed by atoms with Crippen LogP contribution in [0.15, 0.2) is 42.5 Å². The highest BCUT2D eigenvalue weighted by atomic mass is 127. The SMILES string of the molecule is CN(CC1CCN(c2ccc(C(C)(C)I)cc2)CC1)C(=O)C1CCC(Nc2ccc([N+](=O)[O-])c(C(F)(F)F)c2)CC1. The zero-order chi connectivity index (χ0) is 29.9. The number of halogens is 4. The summed E-state index contributed by atoms with van der Waals surface area (Å²) in [7, 11) is 1.87. The van der Waals surface area contributed by atoms with Crippen LogP contribution in [0.2, 0.25) is 0 Å². The van der Waals surface area contributed by atoms with E-state index in [4.69, 9.17) is 0 Å². The summed E-state index contributed by atoms with van der Waals surface area (Å²) in [6.45, 7) is 7.07. The van der Waals surface area contributed by atoms with Gasteiger partial charge in [0.15, 0.2) is 0 Å². The highest BCUT2D eigenvalue weighted by Gasteiger charge is 2.39. The van der Waals surface area contributed by atoms with Crippen LogP contribution in [-0.4, -0.2) is 48.5 Å². The van der Waals surface area contributed by atoms with Gasteiger partial charge in [-0.15, -0.1) is 0 Å². The molecule has 11 heteroatoms. The highest BCUT2D eigenvalue weighted by Crippen LogP contribution is 2.38. The Morgan fingerprint density at radius 3 is 2.20 bits per heavy atom. The van der Waals surface area contributed by atoms with Crippen molar-refractivity contribution in [3.8, 4) is 0 Å². The van der Waals surface area contributed by atoms with E-state index in [0.717, 1.165) is 44.6 Å². The van der Waals surface area contributed by atoms with Crippen molar-refractivity contribution in [2.24, 2.45) is 11.8 Å². The van der Waals surface area contributed by atoms with Crippen molar-refractivity contribution in [1.82, 2.24) is 4.90 Å². The van der Waals surface area contributed by atoms with E-state index in [-0.39, 0.29) is 27.0 Å². The predicted octanol–water partition coefficient (Wildman–Crippen LogP) is 7.63. The lowest BCUT2D eigenvalue weighted by molar-refractivity contribution is -0.388. The molecule has 2 fully saturated rings. The number of rotatable bonds is 8.